The number of hydrogen-bond acceptors (Lipinski definition) is 5. The first-order valence-electron chi connectivity index (χ1n) is 11.7. The molecule has 3 heterocycles. The van der Waals surface area contributed by atoms with E-state index in [-0.39, 0.29) is 49.0 Å². The number of benzene rings is 2. The molecule has 38 heavy (non-hydrogen) atoms. The maximum atomic E-state index is 13.9. The number of ether oxygens (including phenoxy) is 2. The molecule has 0 bridgehead atoms. The maximum absolute atomic E-state index is 13.9. The van der Waals surface area contributed by atoms with E-state index in [0.717, 1.165) is 5.56 Å². The Morgan fingerprint density at radius 1 is 1.03 bits per heavy atom. The molecule has 12 heteroatoms. The molecule has 0 saturated carbocycles. The van der Waals surface area contributed by atoms with Crippen LogP contribution in [-0.2, 0) is 16.9 Å². The largest absolute Gasteiger partial charge is 0.437 e. The zero-order valence-electron chi connectivity index (χ0n) is 19.9. The number of anilines is 2. The number of alkyl halides is 5. The summed E-state index contributed by atoms with van der Waals surface area (Å²) in [4.78, 5) is 18.3. The van der Waals surface area contributed by atoms with Gasteiger partial charge in [0.1, 0.15) is 11.4 Å². The van der Waals surface area contributed by atoms with E-state index in [1.807, 2.05) is 0 Å². The number of aromatic nitrogens is 1. The van der Waals surface area contributed by atoms with E-state index in [1.54, 1.807) is 29.2 Å². The van der Waals surface area contributed by atoms with Gasteiger partial charge in [-0.05, 0) is 35.9 Å². The molecule has 2 aliphatic heterocycles. The van der Waals surface area contributed by atoms with Gasteiger partial charge >= 0.3 is 12.2 Å². The SMILES string of the molecule is O=C(Nc1ccc(CN2CC(F)(F)C2)cc1)Nc1cccnc1Oc1ccccc1C1(C(F)(F)F)CCO1. The van der Waals surface area contributed by atoms with Gasteiger partial charge < -0.3 is 20.1 Å². The van der Waals surface area contributed by atoms with Crippen LogP contribution in [0.15, 0.2) is 66.9 Å². The minimum Gasteiger partial charge on any atom is -0.437 e. The van der Waals surface area contributed by atoms with E-state index >= 15 is 0 Å². The van der Waals surface area contributed by atoms with Gasteiger partial charge in [0.05, 0.1) is 19.7 Å². The number of hydrogen-bond donors (Lipinski definition) is 2. The van der Waals surface area contributed by atoms with Crippen LogP contribution < -0.4 is 15.4 Å². The summed E-state index contributed by atoms with van der Waals surface area (Å²) in [6.07, 6.45) is -3.51. The Balaban J connectivity index is 1.26. The monoisotopic (exact) mass is 534 g/mol. The van der Waals surface area contributed by atoms with E-state index in [0.29, 0.717) is 12.2 Å². The first kappa shape index (κ1) is 25.9. The summed E-state index contributed by atoms with van der Waals surface area (Å²) in [5, 5.41) is 5.23. The van der Waals surface area contributed by atoms with Gasteiger partial charge in [-0.15, -0.1) is 0 Å². The molecule has 2 saturated heterocycles. The van der Waals surface area contributed by atoms with Crippen LogP contribution in [0.2, 0.25) is 0 Å². The second kappa shape index (κ2) is 9.84. The number of rotatable bonds is 7. The Labute approximate surface area is 214 Å². The number of carbonyl (C=O) groups is 1. The Morgan fingerprint density at radius 2 is 1.74 bits per heavy atom. The quantitative estimate of drug-likeness (QED) is 0.356. The number of pyridine rings is 1. The molecule has 1 atom stereocenters. The van der Waals surface area contributed by atoms with Crippen LogP contribution in [0.25, 0.3) is 0 Å². The Hall–Kier alpha value is -3.77. The molecule has 1 aromatic heterocycles. The van der Waals surface area contributed by atoms with Crippen LogP contribution in [0.5, 0.6) is 11.6 Å². The van der Waals surface area contributed by atoms with Crippen LogP contribution in [0.1, 0.15) is 17.5 Å². The van der Waals surface area contributed by atoms with E-state index < -0.39 is 23.7 Å². The van der Waals surface area contributed by atoms with Crippen molar-refractivity contribution in [2.45, 2.75) is 30.7 Å². The van der Waals surface area contributed by atoms with Gasteiger partial charge in [0.2, 0.25) is 5.88 Å². The minimum atomic E-state index is -4.65. The van der Waals surface area contributed by atoms with E-state index in [4.69, 9.17) is 9.47 Å². The first-order chi connectivity index (χ1) is 18.0. The van der Waals surface area contributed by atoms with Gasteiger partial charge in [-0.3, -0.25) is 4.90 Å². The standard InChI is InChI=1S/C26H23F5N4O3/c27-24(28)15-35(16-24)14-17-7-9-18(10-8-17)33-23(36)34-20-5-3-12-32-22(20)38-21-6-2-1-4-19(21)25(11-13-37-25)26(29,30)31/h1-10,12H,11,13-16H2,(H2,33,34,36). The predicted molar refractivity (Wildman–Crippen MR) is 128 cm³/mol. The fraction of sp³-hybridized carbons (Fsp3) is 0.308. The van der Waals surface area contributed by atoms with Crippen molar-refractivity contribution < 1.29 is 36.2 Å². The van der Waals surface area contributed by atoms with E-state index in [1.165, 1.54) is 42.6 Å². The third-order valence-corrected chi connectivity index (χ3v) is 6.34. The van der Waals surface area contributed by atoms with Gasteiger partial charge in [-0.25, -0.2) is 18.6 Å². The van der Waals surface area contributed by atoms with Gasteiger partial charge in [0.15, 0.2) is 5.60 Å². The first-order valence-corrected chi connectivity index (χ1v) is 11.7. The number of likely N-dealkylation sites (tertiary alicyclic amines) is 1. The molecule has 3 aromatic rings. The van der Waals surface area contributed by atoms with Crippen molar-refractivity contribution >= 4 is 17.4 Å². The molecule has 0 spiro atoms. The zero-order valence-corrected chi connectivity index (χ0v) is 19.9. The molecule has 5 rings (SSSR count). The topological polar surface area (TPSA) is 75.7 Å². The molecule has 0 radical (unpaired) electrons. The number of halogens is 5. The van der Waals surface area contributed by atoms with Crippen LogP contribution in [0, 0.1) is 0 Å². The van der Waals surface area contributed by atoms with Gasteiger partial charge in [-0.2, -0.15) is 13.2 Å². The lowest BCUT2D eigenvalue weighted by Gasteiger charge is -2.43. The van der Waals surface area contributed by atoms with E-state index in [2.05, 4.69) is 15.6 Å². The van der Waals surface area contributed by atoms with Crippen molar-refractivity contribution in [3.63, 3.8) is 0 Å². The fourth-order valence-corrected chi connectivity index (χ4v) is 4.41. The molecule has 1 unspecified atom stereocenters. The highest BCUT2D eigenvalue weighted by Gasteiger charge is 2.62. The van der Waals surface area contributed by atoms with Crippen molar-refractivity contribution in [3.05, 3.63) is 78.0 Å². The normalized spacial score (nSPS) is 20.7. The number of amides is 2. The highest BCUT2D eigenvalue weighted by molar-refractivity contribution is 6.00. The average Bonchev–Trinajstić information content (AvgIpc) is 2.80. The summed E-state index contributed by atoms with van der Waals surface area (Å²) in [5.41, 5.74) is -1.25. The van der Waals surface area contributed by atoms with Crippen molar-refractivity contribution in [3.8, 4) is 11.6 Å². The molecule has 0 aliphatic carbocycles. The summed E-state index contributed by atoms with van der Waals surface area (Å²) < 4.78 is 78.4. The molecule has 7 nitrogen and oxygen atoms in total. The lowest BCUT2D eigenvalue weighted by atomic mass is 9.85. The van der Waals surface area contributed by atoms with Gasteiger partial charge in [-0.1, -0.05) is 30.3 Å². The molecule has 2 amide bonds. The fourth-order valence-electron chi connectivity index (χ4n) is 4.41. The summed E-state index contributed by atoms with van der Waals surface area (Å²) in [6, 6.07) is 14.8. The lowest BCUT2D eigenvalue weighted by molar-refractivity contribution is -0.333. The molecule has 200 valence electrons. The summed E-state index contributed by atoms with van der Waals surface area (Å²) in [6.45, 7) is -0.209. The Morgan fingerprint density at radius 3 is 2.37 bits per heavy atom. The molecule has 2 fully saturated rings. The van der Waals surface area contributed by atoms with Crippen LogP contribution in [0.4, 0.5) is 38.1 Å². The molecule has 2 N–H and O–H groups in total. The second-order valence-electron chi connectivity index (χ2n) is 9.15. The summed E-state index contributed by atoms with van der Waals surface area (Å²) in [5.74, 6) is -2.84. The minimum absolute atomic E-state index is 0.0282. The lowest BCUT2D eigenvalue weighted by Crippen LogP contribution is -2.55. The Bertz CT molecular complexity index is 1300. The number of carbonyl (C=O) groups excluding carboxylic acids is 1. The molecular weight excluding hydrogens is 511 g/mol. The molecule has 2 aromatic carbocycles. The second-order valence-corrected chi connectivity index (χ2v) is 9.15. The number of para-hydroxylation sites is 1. The van der Waals surface area contributed by atoms with Gasteiger partial charge in [0, 0.05) is 30.4 Å². The Kier molecular flexibility index (Phi) is 6.70. The summed E-state index contributed by atoms with van der Waals surface area (Å²) >= 11 is 0. The smallest absolute Gasteiger partial charge is 0.421 e. The third-order valence-electron chi connectivity index (χ3n) is 6.34. The highest BCUT2D eigenvalue weighted by Crippen LogP contribution is 2.53. The number of urea groups is 1. The summed E-state index contributed by atoms with van der Waals surface area (Å²) in [7, 11) is 0. The van der Waals surface area contributed by atoms with E-state index in [9.17, 15) is 26.7 Å². The molecular formula is C26H23F5N4O3. The predicted octanol–water partition coefficient (Wildman–Crippen LogP) is 6.15. The van der Waals surface area contributed by atoms with Crippen LogP contribution >= 0.6 is 0 Å². The molecule has 2 aliphatic rings. The number of nitrogens with one attached hydrogen (secondary N) is 2. The zero-order chi connectivity index (χ0) is 27.0. The van der Waals surface area contributed by atoms with Crippen molar-refractivity contribution in [1.29, 1.82) is 0 Å². The number of nitrogens with zero attached hydrogens (tertiary/aromatic N) is 2. The maximum Gasteiger partial charge on any atom is 0.421 e. The van der Waals surface area contributed by atoms with Crippen LogP contribution in [0.3, 0.4) is 0 Å². The van der Waals surface area contributed by atoms with Crippen molar-refractivity contribution in [1.82, 2.24) is 9.88 Å². The van der Waals surface area contributed by atoms with Crippen molar-refractivity contribution in [2.24, 2.45) is 0 Å². The van der Waals surface area contributed by atoms with Crippen molar-refractivity contribution in [2.75, 3.05) is 30.3 Å². The highest BCUT2D eigenvalue weighted by atomic mass is 19.4. The average molecular weight is 534 g/mol. The third kappa shape index (κ3) is 5.27. The van der Waals surface area contributed by atoms with Crippen LogP contribution in [-0.4, -0.2) is 47.7 Å². The van der Waals surface area contributed by atoms with Gasteiger partial charge in [0.25, 0.3) is 5.92 Å².